The fourth-order valence-corrected chi connectivity index (χ4v) is 3.19. The van der Waals surface area contributed by atoms with Crippen molar-refractivity contribution in [3.05, 3.63) is 93.5 Å². The molecule has 150 valence electrons. The second-order valence-electron chi connectivity index (χ2n) is 6.15. The molecule has 3 rings (SSSR count). The molecule has 0 aliphatic carbocycles. The Balaban J connectivity index is 1.62. The first-order valence-electron chi connectivity index (χ1n) is 8.99. The largest absolute Gasteiger partial charge is 0.496 e. The van der Waals surface area contributed by atoms with Crippen LogP contribution >= 0.6 is 15.9 Å². The minimum absolute atomic E-state index is 0.282. The molecular formula is C23H18BrN3O3. The Morgan fingerprint density at radius 1 is 1.13 bits per heavy atom. The number of nitriles is 1. The van der Waals surface area contributed by atoms with E-state index in [2.05, 4.69) is 32.5 Å². The number of carbonyl (C=O) groups excluding carboxylic acids is 1. The molecule has 0 aromatic heterocycles. The third-order valence-corrected chi connectivity index (χ3v) is 4.83. The van der Waals surface area contributed by atoms with Crippen LogP contribution in [0.4, 0.5) is 0 Å². The summed E-state index contributed by atoms with van der Waals surface area (Å²) in [6, 6.07) is 21.8. The third-order valence-electron chi connectivity index (χ3n) is 4.21. The molecule has 1 N–H and O–H groups in total. The minimum atomic E-state index is -0.362. The molecule has 0 atom stereocenters. The van der Waals surface area contributed by atoms with Gasteiger partial charge in [0.1, 0.15) is 18.1 Å². The number of methoxy groups -OCH3 is 1. The van der Waals surface area contributed by atoms with Crippen LogP contribution in [-0.4, -0.2) is 19.2 Å². The number of amides is 1. The molecule has 0 bridgehead atoms. The fraction of sp³-hybridized carbons (Fsp3) is 0.0870. The van der Waals surface area contributed by atoms with Crippen molar-refractivity contribution < 1.29 is 14.3 Å². The number of hydrazone groups is 1. The van der Waals surface area contributed by atoms with Gasteiger partial charge in [0, 0.05) is 5.56 Å². The molecule has 7 heteroatoms. The molecule has 0 saturated heterocycles. The predicted octanol–water partition coefficient (Wildman–Crippen LogP) is 4.67. The molecular weight excluding hydrogens is 446 g/mol. The Morgan fingerprint density at radius 2 is 1.90 bits per heavy atom. The van der Waals surface area contributed by atoms with E-state index in [1.807, 2.05) is 30.3 Å². The van der Waals surface area contributed by atoms with Crippen LogP contribution in [0.25, 0.3) is 0 Å². The number of ether oxygens (including phenoxy) is 2. The Hall–Kier alpha value is -3.63. The summed E-state index contributed by atoms with van der Waals surface area (Å²) in [7, 11) is 1.51. The van der Waals surface area contributed by atoms with Crippen LogP contribution < -0.4 is 14.9 Å². The van der Waals surface area contributed by atoms with Crippen molar-refractivity contribution in [2.75, 3.05) is 7.11 Å². The van der Waals surface area contributed by atoms with Gasteiger partial charge in [0.15, 0.2) is 0 Å². The number of para-hydroxylation sites is 1. The zero-order chi connectivity index (χ0) is 21.3. The van der Waals surface area contributed by atoms with E-state index in [9.17, 15) is 4.79 Å². The summed E-state index contributed by atoms with van der Waals surface area (Å²) in [6.45, 7) is 0.282. The lowest BCUT2D eigenvalue weighted by atomic mass is 10.1. The first kappa shape index (κ1) is 21.1. The molecule has 30 heavy (non-hydrogen) atoms. The average Bonchev–Trinajstić information content (AvgIpc) is 2.78. The number of hydrogen-bond donors (Lipinski definition) is 1. The second-order valence-corrected chi connectivity index (χ2v) is 7.00. The molecule has 0 aliphatic heterocycles. The van der Waals surface area contributed by atoms with Gasteiger partial charge >= 0.3 is 0 Å². The number of halogens is 1. The first-order chi connectivity index (χ1) is 14.6. The summed E-state index contributed by atoms with van der Waals surface area (Å²) in [5, 5.41) is 13.2. The van der Waals surface area contributed by atoms with Crippen molar-refractivity contribution in [3.8, 4) is 17.6 Å². The van der Waals surface area contributed by atoms with Gasteiger partial charge in [-0.2, -0.15) is 10.4 Å². The van der Waals surface area contributed by atoms with Crippen LogP contribution in [0.15, 0.2) is 76.3 Å². The fourth-order valence-electron chi connectivity index (χ4n) is 2.68. The highest BCUT2D eigenvalue weighted by atomic mass is 79.9. The number of nitrogens with zero attached hydrogens (tertiary/aromatic N) is 2. The van der Waals surface area contributed by atoms with Gasteiger partial charge in [0.25, 0.3) is 5.91 Å². The summed E-state index contributed by atoms with van der Waals surface area (Å²) >= 11 is 3.48. The lowest BCUT2D eigenvalue weighted by Gasteiger charge is -2.10. The smallest absolute Gasteiger partial charge is 0.275 e. The maximum atomic E-state index is 12.3. The molecule has 0 radical (unpaired) electrons. The summed E-state index contributed by atoms with van der Waals surface area (Å²) in [5.74, 6) is 0.754. The van der Waals surface area contributed by atoms with Gasteiger partial charge in [0.05, 0.1) is 35.0 Å². The molecule has 3 aromatic rings. The Bertz CT molecular complexity index is 1120. The van der Waals surface area contributed by atoms with E-state index in [1.54, 1.807) is 36.4 Å². The highest BCUT2D eigenvalue weighted by Gasteiger charge is 2.10. The average molecular weight is 464 g/mol. The van der Waals surface area contributed by atoms with Crippen molar-refractivity contribution >= 4 is 28.1 Å². The van der Waals surface area contributed by atoms with E-state index >= 15 is 0 Å². The van der Waals surface area contributed by atoms with Crippen molar-refractivity contribution in [2.24, 2.45) is 5.10 Å². The number of carbonyl (C=O) groups is 1. The van der Waals surface area contributed by atoms with E-state index in [0.717, 1.165) is 15.6 Å². The molecule has 0 unspecified atom stereocenters. The third kappa shape index (κ3) is 5.25. The van der Waals surface area contributed by atoms with E-state index in [4.69, 9.17) is 14.7 Å². The molecule has 0 saturated carbocycles. The van der Waals surface area contributed by atoms with Crippen LogP contribution in [0.5, 0.6) is 11.5 Å². The maximum Gasteiger partial charge on any atom is 0.275 e. The first-order valence-corrected chi connectivity index (χ1v) is 9.78. The highest BCUT2D eigenvalue weighted by molar-refractivity contribution is 9.10. The van der Waals surface area contributed by atoms with Gasteiger partial charge in [-0.1, -0.05) is 30.3 Å². The lowest BCUT2D eigenvalue weighted by molar-refractivity contribution is 0.0952. The topological polar surface area (TPSA) is 83.7 Å². The quantitative estimate of drug-likeness (QED) is 0.407. The summed E-state index contributed by atoms with van der Waals surface area (Å²) < 4.78 is 11.7. The molecule has 3 aromatic carbocycles. The highest BCUT2D eigenvalue weighted by Crippen LogP contribution is 2.26. The van der Waals surface area contributed by atoms with Crippen LogP contribution in [0.1, 0.15) is 27.0 Å². The second kappa shape index (κ2) is 10.2. The number of benzene rings is 3. The zero-order valence-corrected chi connectivity index (χ0v) is 17.7. The van der Waals surface area contributed by atoms with Crippen LogP contribution in [-0.2, 0) is 6.61 Å². The van der Waals surface area contributed by atoms with Crippen molar-refractivity contribution in [1.29, 1.82) is 5.26 Å². The molecule has 0 aliphatic rings. The normalized spacial score (nSPS) is 10.4. The van der Waals surface area contributed by atoms with Gasteiger partial charge < -0.3 is 9.47 Å². The van der Waals surface area contributed by atoms with Crippen molar-refractivity contribution in [1.82, 2.24) is 5.43 Å². The Morgan fingerprint density at radius 3 is 2.67 bits per heavy atom. The van der Waals surface area contributed by atoms with Gasteiger partial charge in [-0.15, -0.1) is 0 Å². The molecule has 0 spiro atoms. The molecule has 0 heterocycles. The standard InChI is InChI=1S/C23H18BrN3O3/c1-29-21-9-5-4-8-19(21)23(28)27-26-14-16-10-11-22(20(24)12-16)30-15-18-7-3-2-6-17(18)13-25/h2-12,14H,15H2,1H3,(H,27,28)/b26-14-. The van der Waals surface area contributed by atoms with Crippen LogP contribution in [0.2, 0.25) is 0 Å². The van der Waals surface area contributed by atoms with Crippen LogP contribution in [0, 0.1) is 11.3 Å². The van der Waals surface area contributed by atoms with Gasteiger partial charge in [-0.05, 0) is 57.9 Å². The summed E-state index contributed by atoms with van der Waals surface area (Å²) in [5.41, 5.74) is 5.06. The lowest BCUT2D eigenvalue weighted by Crippen LogP contribution is -2.18. The Labute approximate surface area is 182 Å². The Kier molecular flexibility index (Phi) is 7.19. The van der Waals surface area contributed by atoms with Gasteiger partial charge in [0.2, 0.25) is 0 Å². The molecule has 6 nitrogen and oxygen atoms in total. The zero-order valence-electron chi connectivity index (χ0n) is 16.1. The SMILES string of the molecule is COc1ccccc1C(=O)N/N=C\c1ccc(OCc2ccccc2C#N)c(Br)c1. The summed E-state index contributed by atoms with van der Waals surface area (Å²) in [6.07, 6.45) is 1.53. The summed E-state index contributed by atoms with van der Waals surface area (Å²) in [4.78, 5) is 12.3. The van der Waals surface area contributed by atoms with E-state index in [-0.39, 0.29) is 12.5 Å². The number of nitrogens with one attached hydrogen (secondary N) is 1. The van der Waals surface area contributed by atoms with Crippen molar-refractivity contribution in [3.63, 3.8) is 0 Å². The van der Waals surface area contributed by atoms with Crippen LogP contribution in [0.3, 0.4) is 0 Å². The van der Waals surface area contributed by atoms with E-state index in [0.29, 0.717) is 22.6 Å². The minimum Gasteiger partial charge on any atom is -0.496 e. The van der Waals surface area contributed by atoms with Gasteiger partial charge in [-0.3, -0.25) is 4.79 Å². The maximum absolute atomic E-state index is 12.3. The predicted molar refractivity (Wildman–Crippen MR) is 118 cm³/mol. The molecule has 0 fully saturated rings. The van der Waals surface area contributed by atoms with Crippen molar-refractivity contribution in [2.45, 2.75) is 6.61 Å². The van der Waals surface area contributed by atoms with E-state index in [1.165, 1.54) is 13.3 Å². The number of rotatable bonds is 7. The number of hydrogen-bond acceptors (Lipinski definition) is 5. The van der Waals surface area contributed by atoms with E-state index < -0.39 is 0 Å². The monoisotopic (exact) mass is 463 g/mol. The molecule has 1 amide bonds. The van der Waals surface area contributed by atoms with Gasteiger partial charge in [-0.25, -0.2) is 5.43 Å².